The molecular formula is C11H15BrO3. The monoisotopic (exact) mass is 274 g/mol. The SMILES string of the molecule is Cc1ccc(C(O)C(O)CCBr)c(O)c1. The van der Waals surface area contributed by atoms with E-state index >= 15 is 0 Å². The van der Waals surface area contributed by atoms with E-state index in [-0.39, 0.29) is 5.75 Å². The number of alkyl halides is 1. The molecule has 0 aliphatic rings. The van der Waals surface area contributed by atoms with Crippen LogP contribution in [-0.2, 0) is 0 Å². The van der Waals surface area contributed by atoms with Crippen molar-refractivity contribution in [3.63, 3.8) is 0 Å². The molecule has 0 aromatic heterocycles. The van der Waals surface area contributed by atoms with Gasteiger partial charge in [-0.05, 0) is 25.0 Å². The molecule has 2 atom stereocenters. The topological polar surface area (TPSA) is 60.7 Å². The molecule has 1 aromatic carbocycles. The summed E-state index contributed by atoms with van der Waals surface area (Å²) in [5, 5.41) is 29.5. The zero-order valence-corrected chi connectivity index (χ0v) is 10.1. The molecular weight excluding hydrogens is 260 g/mol. The van der Waals surface area contributed by atoms with Gasteiger partial charge < -0.3 is 15.3 Å². The van der Waals surface area contributed by atoms with E-state index in [1.807, 2.05) is 6.92 Å². The number of phenols is 1. The summed E-state index contributed by atoms with van der Waals surface area (Å²) >= 11 is 3.19. The van der Waals surface area contributed by atoms with Crippen LogP contribution < -0.4 is 0 Å². The van der Waals surface area contributed by atoms with E-state index in [9.17, 15) is 15.3 Å². The molecule has 0 aliphatic heterocycles. The normalized spacial score (nSPS) is 14.9. The molecule has 2 unspecified atom stereocenters. The maximum absolute atomic E-state index is 9.76. The molecule has 0 aliphatic carbocycles. The average Bonchev–Trinajstić information content (AvgIpc) is 2.17. The number of aryl methyl sites for hydroxylation is 1. The van der Waals surface area contributed by atoms with Crippen LogP contribution in [0.25, 0.3) is 0 Å². The Kier molecular flexibility index (Phi) is 4.57. The Labute approximate surface area is 97.5 Å². The maximum atomic E-state index is 9.76. The standard InChI is InChI=1S/C11H15BrO3/c1-7-2-3-8(10(14)6-7)11(15)9(13)4-5-12/h2-3,6,9,11,13-15H,4-5H2,1H3. The van der Waals surface area contributed by atoms with E-state index in [1.165, 1.54) is 0 Å². The summed E-state index contributed by atoms with van der Waals surface area (Å²) in [6, 6.07) is 4.99. The third kappa shape index (κ3) is 3.19. The van der Waals surface area contributed by atoms with Gasteiger partial charge in [-0.15, -0.1) is 0 Å². The molecule has 15 heavy (non-hydrogen) atoms. The van der Waals surface area contributed by atoms with Crippen LogP contribution >= 0.6 is 15.9 Å². The number of phenolic OH excluding ortho intramolecular Hbond substituents is 1. The van der Waals surface area contributed by atoms with Gasteiger partial charge in [-0.2, -0.15) is 0 Å². The second-order valence-electron chi connectivity index (χ2n) is 3.55. The van der Waals surface area contributed by atoms with Gasteiger partial charge in [0.15, 0.2) is 0 Å². The number of aliphatic hydroxyl groups excluding tert-OH is 2. The quantitative estimate of drug-likeness (QED) is 0.735. The van der Waals surface area contributed by atoms with Crippen LogP contribution in [0.3, 0.4) is 0 Å². The lowest BCUT2D eigenvalue weighted by atomic mass is 10.0. The van der Waals surface area contributed by atoms with Gasteiger partial charge in [-0.1, -0.05) is 28.1 Å². The van der Waals surface area contributed by atoms with Gasteiger partial charge in [-0.3, -0.25) is 0 Å². The largest absolute Gasteiger partial charge is 0.508 e. The van der Waals surface area contributed by atoms with Crippen LogP contribution in [0.2, 0.25) is 0 Å². The Morgan fingerprint density at radius 3 is 2.53 bits per heavy atom. The van der Waals surface area contributed by atoms with Crippen molar-refractivity contribution < 1.29 is 15.3 Å². The summed E-state index contributed by atoms with van der Waals surface area (Å²) in [5.74, 6) is 0.0242. The molecule has 4 heteroatoms. The fraction of sp³-hybridized carbons (Fsp3) is 0.455. The minimum absolute atomic E-state index is 0.0242. The van der Waals surface area contributed by atoms with Crippen LogP contribution in [0.4, 0.5) is 0 Å². The Morgan fingerprint density at radius 1 is 1.33 bits per heavy atom. The zero-order chi connectivity index (χ0) is 11.4. The highest BCUT2D eigenvalue weighted by Crippen LogP contribution is 2.28. The van der Waals surface area contributed by atoms with Crippen LogP contribution in [0.5, 0.6) is 5.75 Å². The summed E-state index contributed by atoms with van der Waals surface area (Å²) < 4.78 is 0. The maximum Gasteiger partial charge on any atom is 0.121 e. The molecule has 1 aromatic rings. The van der Waals surface area contributed by atoms with Gasteiger partial charge >= 0.3 is 0 Å². The highest BCUT2D eigenvalue weighted by atomic mass is 79.9. The molecule has 1 rings (SSSR count). The lowest BCUT2D eigenvalue weighted by Gasteiger charge is -2.18. The van der Waals surface area contributed by atoms with Crippen molar-refractivity contribution in [1.82, 2.24) is 0 Å². The third-order valence-electron chi connectivity index (χ3n) is 2.27. The number of aliphatic hydroxyl groups is 2. The summed E-state index contributed by atoms with van der Waals surface area (Å²) in [7, 11) is 0. The van der Waals surface area contributed by atoms with E-state index in [2.05, 4.69) is 15.9 Å². The molecule has 3 N–H and O–H groups in total. The highest BCUT2D eigenvalue weighted by molar-refractivity contribution is 9.09. The lowest BCUT2D eigenvalue weighted by molar-refractivity contribution is 0.0160. The smallest absolute Gasteiger partial charge is 0.121 e. The predicted molar refractivity (Wildman–Crippen MR) is 62.2 cm³/mol. The third-order valence-corrected chi connectivity index (χ3v) is 2.73. The van der Waals surface area contributed by atoms with E-state index in [1.54, 1.807) is 18.2 Å². The Hall–Kier alpha value is -0.580. The number of benzene rings is 1. The van der Waals surface area contributed by atoms with Crippen molar-refractivity contribution in [1.29, 1.82) is 0 Å². The average molecular weight is 275 g/mol. The van der Waals surface area contributed by atoms with Gasteiger partial charge in [-0.25, -0.2) is 0 Å². The number of halogens is 1. The van der Waals surface area contributed by atoms with Crippen molar-refractivity contribution in [2.24, 2.45) is 0 Å². The number of rotatable bonds is 4. The summed E-state index contributed by atoms with van der Waals surface area (Å²) in [5.41, 5.74) is 1.28. The number of aromatic hydroxyl groups is 1. The van der Waals surface area contributed by atoms with Crippen LogP contribution in [0.1, 0.15) is 23.7 Å². The summed E-state index contributed by atoms with van der Waals surface area (Å²) in [6.45, 7) is 1.85. The van der Waals surface area contributed by atoms with Crippen LogP contribution in [0.15, 0.2) is 18.2 Å². The van der Waals surface area contributed by atoms with E-state index in [0.29, 0.717) is 17.3 Å². The number of hydrogen-bond donors (Lipinski definition) is 3. The molecule has 0 spiro atoms. The molecule has 0 radical (unpaired) electrons. The minimum Gasteiger partial charge on any atom is -0.508 e. The zero-order valence-electron chi connectivity index (χ0n) is 8.52. The van der Waals surface area contributed by atoms with Crippen molar-refractivity contribution >= 4 is 15.9 Å². The Balaban J connectivity index is 2.86. The Bertz CT molecular complexity index is 328. The fourth-order valence-corrected chi connectivity index (χ4v) is 1.85. The summed E-state index contributed by atoms with van der Waals surface area (Å²) in [6.07, 6.45) is -1.46. The molecule has 0 saturated carbocycles. The molecule has 3 nitrogen and oxygen atoms in total. The second kappa shape index (κ2) is 5.49. The fourth-order valence-electron chi connectivity index (χ4n) is 1.38. The molecule has 0 amide bonds. The first-order chi connectivity index (χ1) is 7.06. The van der Waals surface area contributed by atoms with Gasteiger partial charge in [0.2, 0.25) is 0 Å². The van der Waals surface area contributed by atoms with Gasteiger partial charge in [0.05, 0.1) is 6.10 Å². The van der Waals surface area contributed by atoms with Crippen molar-refractivity contribution in [3.05, 3.63) is 29.3 Å². The van der Waals surface area contributed by atoms with Crippen LogP contribution in [-0.4, -0.2) is 26.8 Å². The van der Waals surface area contributed by atoms with Gasteiger partial charge in [0.25, 0.3) is 0 Å². The first-order valence-corrected chi connectivity index (χ1v) is 5.90. The molecule has 0 bridgehead atoms. The highest BCUT2D eigenvalue weighted by Gasteiger charge is 2.20. The Morgan fingerprint density at radius 2 is 2.00 bits per heavy atom. The first kappa shape index (κ1) is 12.5. The van der Waals surface area contributed by atoms with Crippen molar-refractivity contribution in [2.75, 3.05) is 5.33 Å². The van der Waals surface area contributed by atoms with E-state index in [4.69, 9.17) is 0 Å². The summed E-state index contributed by atoms with van der Waals surface area (Å²) in [4.78, 5) is 0. The molecule has 84 valence electrons. The second-order valence-corrected chi connectivity index (χ2v) is 4.35. The van der Waals surface area contributed by atoms with Crippen molar-refractivity contribution in [2.45, 2.75) is 25.6 Å². The molecule has 0 heterocycles. The molecule has 0 saturated heterocycles. The number of hydrogen-bond acceptors (Lipinski definition) is 3. The minimum atomic E-state index is -1.04. The molecule has 0 fully saturated rings. The van der Waals surface area contributed by atoms with E-state index < -0.39 is 12.2 Å². The van der Waals surface area contributed by atoms with E-state index in [0.717, 1.165) is 5.56 Å². The van der Waals surface area contributed by atoms with Gasteiger partial charge in [0, 0.05) is 10.9 Å². The lowest BCUT2D eigenvalue weighted by Crippen LogP contribution is -2.18. The van der Waals surface area contributed by atoms with Crippen LogP contribution in [0, 0.1) is 6.92 Å². The van der Waals surface area contributed by atoms with Gasteiger partial charge in [0.1, 0.15) is 11.9 Å². The van der Waals surface area contributed by atoms with Crippen molar-refractivity contribution in [3.8, 4) is 5.75 Å². The first-order valence-electron chi connectivity index (χ1n) is 4.78. The predicted octanol–water partition coefficient (Wildman–Crippen LogP) is 1.88.